The maximum absolute atomic E-state index is 4.64. The monoisotopic (exact) mass is 501 g/mol. The van der Waals surface area contributed by atoms with Crippen molar-refractivity contribution in [1.29, 1.82) is 0 Å². The quantitative estimate of drug-likeness (QED) is 0.409. The van der Waals surface area contributed by atoms with Crippen LogP contribution in [0.2, 0.25) is 0 Å². The van der Waals surface area contributed by atoms with Crippen molar-refractivity contribution in [1.82, 2.24) is 29.4 Å². The maximum Gasteiger partial charge on any atom is 0.0957 e. The zero-order chi connectivity index (χ0) is 25.2. The molecule has 0 spiro atoms. The molecule has 0 radical (unpaired) electrons. The highest BCUT2D eigenvalue weighted by Gasteiger charge is 2.24. The SMILES string of the molecule is CC1=NCCCN1CCCN1CN(CCCN2CCCN=C2C)CN(CCCN2CCCN=C2C)C1. The van der Waals surface area contributed by atoms with Gasteiger partial charge >= 0.3 is 0 Å². The van der Waals surface area contributed by atoms with Crippen LogP contribution >= 0.6 is 0 Å². The van der Waals surface area contributed by atoms with Gasteiger partial charge in [0, 0.05) is 78.5 Å². The minimum absolute atomic E-state index is 1.00. The summed E-state index contributed by atoms with van der Waals surface area (Å²) in [4.78, 5) is 29.4. The Morgan fingerprint density at radius 2 is 0.778 bits per heavy atom. The molecule has 4 aliphatic rings. The molecule has 4 aliphatic heterocycles. The maximum atomic E-state index is 4.64. The Labute approximate surface area is 219 Å². The summed E-state index contributed by atoms with van der Waals surface area (Å²) < 4.78 is 0. The smallest absolute Gasteiger partial charge is 0.0957 e. The molecular weight excluding hydrogens is 450 g/mol. The highest BCUT2D eigenvalue weighted by molar-refractivity contribution is 5.81. The van der Waals surface area contributed by atoms with Crippen molar-refractivity contribution in [3.8, 4) is 0 Å². The van der Waals surface area contributed by atoms with Crippen LogP contribution in [0.5, 0.6) is 0 Å². The highest BCUT2D eigenvalue weighted by atomic mass is 15.5. The third-order valence-electron chi connectivity index (χ3n) is 8.06. The Kier molecular flexibility index (Phi) is 10.8. The van der Waals surface area contributed by atoms with E-state index in [-0.39, 0.29) is 0 Å². The highest BCUT2D eigenvalue weighted by Crippen LogP contribution is 2.13. The van der Waals surface area contributed by atoms with Crippen molar-refractivity contribution in [3.63, 3.8) is 0 Å². The first-order chi connectivity index (χ1) is 17.6. The molecule has 0 saturated carbocycles. The first kappa shape index (κ1) is 27.3. The third kappa shape index (κ3) is 8.42. The summed E-state index contributed by atoms with van der Waals surface area (Å²) in [7, 11) is 0. The topological polar surface area (TPSA) is 56.5 Å². The van der Waals surface area contributed by atoms with Crippen molar-refractivity contribution in [3.05, 3.63) is 0 Å². The minimum atomic E-state index is 1.00. The van der Waals surface area contributed by atoms with E-state index >= 15 is 0 Å². The van der Waals surface area contributed by atoms with Crippen molar-refractivity contribution in [2.45, 2.75) is 59.3 Å². The molecule has 9 heteroatoms. The number of rotatable bonds is 12. The lowest BCUT2D eigenvalue weighted by Crippen LogP contribution is -2.56. The summed E-state index contributed by atoms with van der Waals surface area (Å²) in [5.74, 6) is 3.70. The molecule has 9 nitrogen and oxygen atoms in total. The van der Waals surface area contributed by atoms with Crippen LogP contribution in [0.15, 0.2) is 15.0 Å². The molecule has 0 unspecified atom stereocenters. The van der Waals surface area contributed by atoms with Gasteiger partial charge in [0.15, 0.2) is 0 Å². The first-order valence-electron chi connectivity index (χ1n) is 14.5. The first-order valence-corrected chi connectivity index (χ1v) is 14.5. The van der Waals surface area contributed by atoms with Crippen molar-refractivity contribution in [2.75, 3.05) is 98.5 Å². The number of hydrogen-bond donors (Lipinski definition) is 0. The van der Waals surface area contributed by atoms with Crippen LogP contribution < -0.4 is 0 Å². The van der Waals surface area contributed by atoms with E-state index in [2.05, 4.69) is 65.1 Å². The fourth-order valence-electron chi connectivity index (χ4n) is 5.98. The Morgan fingerprint density at radius 3 is 1.06 bits per heavy atom. The second-order valence-electron chi connectivity index (χ2n) is 11.0. The van der Waals surface area contributed by atoms with Crippen molar-refractivity contribution < 1.29 is 0 Å². The van der Waals surface area contributed by atoms with Gasteiger partial charge in [-0.3, -0.25) is 29.7 Å². The Hall–Kier alpha value is -1.71. The summed E-state index contributed by atoms with van der Waals surface area (Å²) in [5, 5.41) is 0. The van der Waals surface area contributed by atoms with Gasteiger partial charge in [-0.2, -0.15) is 0 Å². The third-order valence-corrected chi connectivity index (χ3v) is 8.06. The van der Waals surface area contributed by atoms with Crippen molar-refractivity contribution in [2.24, 2.45) is 15.0 Å². The van der Waals surface area contributed by atoms with Gasteiger partial charge in [0.05, 0.1) is 37.5 Å². The van der Waals surface area contributed by atoms with E-state index in [1.807, 2.05) is 0 Å². The number of nitrogens with zero attached hydrogens (tertiary/aromatic N) is 9. The molecule has 4 heterocycles. The predicted molar refractivity (Wildman–Crippen MR) is 151 cm³/mol. The average molecular weight is 502 g/mol. The van der Waals surface area contributed by atoms with Crippen LogP contribution in [0.3, 0.4) is 0 Å². The molecule has 1 fully saturated rings. The van der Waals surface area contributed by atoms with Crippen molar-refractivity contribution >= 4 is 17.5 Å². The second-order valence-corrected chi connectivity index (χ2v) is 11.0. The predicted octanol–water partition coefficient (Wildman–Crippen LogP) is 2.32. The zero-order valence-electron chi connectivity index (χ0n) is 23.4. The van der Waals surface area contributed by atoms with Gasteiger partial charge in [-0.05, 0) is 59.3 Å². The Balaban J connectivity index is 1.24. The summed E-state index contributed by atoms with van der Waals surface area (Å²) in [6.45, 7) is 23.2. The molecular formula is C27H51N9. The van der Waals surface area contributed by atoms with E-state index in [1.165, 1.54) is 75.7 Å². The summed E-state index contributed by atoms with van der Waals surface area (Å²) in [6.07, 6.45) is 7.23. The van der Waals surface area contributed by atoms with Gasteiger partial charge < -0.3 is 14.7 Å². The molecule has 0 aromatic rings. The molecule has 0 N–H and O–H groups in total. The van der Waals surface area contributed by atoms with Gasteiger partial charge in [0.1, 0.15) is 0 Å². The van der Waals surface area contributed by atoms with Gasteiger partial charge in [-0.15, -0.1) is 0 Å². The number of hydrogen-bond acceptors (Lipinski definition) is 9. The number of aliphatic imine (C=N–C) groups is 3. The van der Waals surface area contributed by atoms with E-state index in [4.69, 9.17) is 0 Å². The fraction of sp³-hybridized carbons (Fsp3) is 0.889. The Bertz CT molecular complexity index is 658. The summed E-state index contributed by atoms with van der Waals surface area (Å²) >= 11 is 0. The second kappa shape index (κ2) is 14.3. The molecule has 0 aromatic carbocycles. The molecule has 0 atom stereocenters. The van der Waals surface area contributed by atoms with Gasteiger partial charge in [-0.1, -0.05) is 0 Å². The van der Waals surface area contributed by atoms with Crippen LogP contribution in [0.4, 0.5) is 0 Å². The van der Waals surface area contributed by atoms with Crippen LogP contribution in [0.1, 0.15) is 59.3 Å². The van der Waals surface area contributed by atoms with E-state index < -0.39 is 0 Å². The number of amidine groups is 3. The zero-order valence-corrected chi connectivity index (χ0v) is 23.4. The molecule has 1 saturated heterocycles. The molecule has 0 aliphatic carbocycles. The normalized spacial score (nSPS) is 23.1. The van der Waals surface area contributed by atoms with Gasteiger partial charge in [0.25, 0.3) is 0 Å². The fourth-order valence-corrected chi connectivity index (χ4v) is 5.98. The molecule has 0 amide bonds. The summed E-state index contributed by atoms with van der Waals surface area (Å²) in [5.41, 5.74) is 0. The minimum Gasteiger partial charge on any atom is -0.360 e. The van der Waals surface area contributed by atoms with E-state index in [1.54, 1.807) is 0 Å². The Morgan fingerprint density at radius 1 is 0.472 bits per heavy atom. The molecule has 0 bridgehead atoms. The van der Waals surface area contributed by atoms with E-state index in [0.717, 1.165) is 78.9 Å². The van der Waals surface area contributed by atoms with Crippen LogP contribution in [-0.4, -0.2) is 145 Å². The summed E-state index contributed by atoms with van der Waals surface area (Å²) in [6, 6.07) is 0. The van der Waals surface area contributed by atoms with E-state index in [0.29, 0.717) is 0 Å². The molecule has 204 valence electrons. The molecule has 36 heavy (non-hydrogen) atoms. The van der Waals surface area contributed by atoms with Crippen LogP contribution in [0, 0.1) is 0 Å². The van der Waals surface area contributed by atoms with Crippen LogP contribution in [0.25, 0.3) is 0 Å². The molecule has 0 aromatic heterocycles. The lowest BCUT2D eigenvalue weighted by atomic mass is 10.2. The van der Waals surface area contributed by atoms with E-state index in [9.17, 15) is 0 Å². The lowest BCUT2D eigenvalue weighted by Gasteiger charge is -2.43. The molecule has 4 rings (SSSR count). The lowest BCUT2D eigenvalue weighted by molar-refractivity contribution is -0.0318. The largest absolute Gasteiger partial charge is 0.360 e. The van der Waals surface area contributed by atoms with Crippen LogP contribution in [-0.2, 0) is 0 Å². The standard InChI is InChI=1S/C27H51N9/c1-25-28-10-4-16-34(25)19-7-13-31-22-32(14-8-20-35-17-5-11-29-26(35)2)24-33(23-31)15-9-21-36-18-6-12-30-27(36)3/h4-24H2,1-3H3. The van der Waals surface area contributed by atoms with Gasteiger partial charge in [-0.25, -0.2) is 0 Å². The average Bonchev–Trinajstić information content (AvgIpc) is 2.87. The van der Waals surface area contributed by atoms with Gasteiger partial charge in [0.2, 0.25) is 0 Å².